The van der Waals surface area contributed by atoms with Gasteiger partial charge in [-0.2, -0.15) is 0 Å². The molecule has 6 nitrogen and oxygen atoms in total. The highest BCUT2D eigenvalue weighted by atomic mass is 16.4. The summed E-state index contributed by atoms with van der Waals surface area (Å²) in [5.74, 6) is -0.309. The molecule has 2 N–H and O–H groups in total. The molecule has 0 unspecified atom stereocenters. The van der Waals surface area contributed by atoms with Crippen molar-refractivity contribution in [2.45, 2.75) is 0 Å². The van der Waals surface area contributed by atoms with E-state index in [0.717, 1.165) is 32.0 Å². The summed E-state index contributed by atoms with van der Waals surface area (Å²) >= 11 is 0. The molecule has 0 saturated carbocycles. The smallest absolute Gasteiger partial charge is 0.356 e. The molecule has 0 atom stereocenters. The van der Waals surface area contributed by atoms with E-state index in [-0.39, 0.29) is 5.69 Å². The number of rotatable bonds is 2. The first-order chi connectivity index (χ1) is 7.27. The molecular formula is C9H12N4O2. The van der Waals surface area contributed by atoms with E-state index in [1.54, 1.807) is 6.07 Å². The first kappa shape index (κ1) is 9.85. The number of aromatic carboxylic acids is 1. The van der Waals surface area contributed by atoms with Crippen molar-refractivity contribution in [3.63, 3.8) is 0 Å². The van der Waals surface area contributed by atoms with Crippen molar-refractivity contribution in [3.05, 3.63) is 17.8 Å². The van der Waals surface area contributed by atoms with Crippen LogP contribution in [0.1, 0.15) is 10.5 Å². The molecule has 15 heavy (non-hydrogen) atoms. The highest BCUT2D eigenvalue weighted by Crippen LogP contribution is 2.09. The fraction of sp³-hybridized carbons (Fsp3) is 0.444. The minimum absolute atomic E-state index is 0.0196. The molecule has 0 radical (unpaired) electrons. The number of hydrogen-bond donors (Lipinski definition) is 2. The largest absolute Gasteiger partial charge is 0.476 e. The summed E-state index contributed by atoms with van der Waals surface area (Å²) in [6.45, 7) is 3.59. The van der Waals surface area contributed by atoms with Gasteiger partial charge in [-0.25, -0.2) is 4.79 Å². The molecule has 1 aliphatic rings. The number of carbonyl (C=O) groups is 1. The molecule has 0 bridgehead atoms. The molecule has 2 rings (SSSR count). The Hall–Kier alpha value is -1.69. The van der Waals surface area contributed by atoms with E-state index >= 15 is 0 Å². The first-order valence-corrected chi connectivity index (χ1v) is 4.80. The predicted molar refractivity (Wildman–Crippen MR) is 54.1 cm³/mol. The monoisotopic (exact) mass is 208 g/mol. The molecule has 1 saturated heterocycles. The van der Waals surface area contributed by atoms with Crippen LogP contribution in [0.15, 0.2) is 12.1 Å². The van der Waals surface area contributed by atoms with Crippen molar-refractivity contribution in [1.29, 1.82) is 0 Å². The number of piperazine rings is 1. The lowest BCUT2D eigenvalue weighted by Gasteiger charge is -2.27. The second-order valence-electron chi connectivity index (χ2n) is 3.32. The number of nitrogens with one attached hydrogen (secondary N) is 1. The average Bonchev–Trinajstić information content (AvgIpc) is 2.30. The van der Waals surface area contributed by atoms with Gasteiger partial charge < -0.3 is 15.3 Å². The molecule has 1 aromatic rings. The zero-order valence-electron chi connectivity index (χ0n) is 8.18. The van der Waals surface area contributed by atoms with E-state index < -0.39 is 5.97 Å². The second kappa shape index (κ2) is 4.22. The Morgan fingerprint density at radius 2 is 2.07 bits per heavy atom. The van der Waals surface area contributed by atoms with Gasteiger partial charge in [0.05, 0.1) is 0 Å². The van der Waals surface area contributed by atoms with Crippen molar-refractivity contribution >= 4 is 11.8 Å². The Morgan fingerprint density at radius 3 is 2.60 bits per heavy atom. The maximum absolute atomic E-state index is 10.6. The molecule has 6 heteroatoms. The summed E-state index contributed by atoms with van der Waals surface area (Å²) in [5.41, 5.74) is -0.0196. The van der Waals surface area contributed by atoms with Crippen molar-refractivity contribution in [3.8, 4) is 0 Å². The number of aromatic nitrogens is 2. The Labute approximate surface area is 86.9 Å². The Morgan fingerprint density at radius 1 is 1.33 bits per heavy atom. The number of carboxylic acids is 1. The molecule has 0 amide bonds. The average molecular weight is 208 g/mol. The highest BCUT2D eigenvalue weighted by molar-refractivity contribution is 5.85. The van der Waals surface area contributed by atoms with Gasteiger partial charge in [-0.3, -0.25) is 0 Å². The van der Waals surface area contributed by atoms with E-state index in [9.17, 15) is 4.79 Å². The van der Waals surface area contributed by atoms with Gasteiger partial charge >= 0.3 is 5.97 Å². The van der Waals surface area contributed by atoms with Gasteiger partial charge in [0.1, 0.15) is 0 Å². The number of nitrogens with zero attached hydrogens (tertiary/aromatic N) is 3. The van der Waals surface area contributed by atoms with Crippen molar-refractivity contribution in [2.24, 2.45) is 0 Å². The van der Waals surface area contributed by atoms with E-state index in [2.05, 4.69) is 20.4 Å². The normalized spacial score (nSPS) is 16.4. The molecule has 0 aromatic carbocycles. The van der Waals surface area contributed by atoms with Gasteiger partial charge in [0.25, 0.3) is 0 Å². The van der Waals surface area contributed by atoms with Crippen LogP contribution in [0, 0.1) is 0 Å². The van der Waals surface area contributed by atoms with Crippen LogP contribution in [0.3, 0.4) is 0 Å². The first-order valence-electron chi connectivity index (χ1n) is 4.80. The van der Waals surface area contributed by atoms with Crippen LogP contribution in [0.25, 0.3) is 0 Å². The maximum atomic E-state index is 10.6. The fourth-order valence-electron chi connectivity index (χ4n) is 1.50. The summed E-state index contributed by atoms with van der Waals surface area (Å²) in [6.07, 6.45) is 0. The van der Waals surface area contributed by atoms with Gasteiger partial charge in [0.2, 0.25) is 0 Å². The maximum Gasteiger partial charge on any atom is 0.356 e. The van der Waals surface area contributed by atoms with Crippen LogP contribution in [-0.2, 0) is 0 Å². The lowest BCUT2D eigenvalue weighted by Crippen LogP contribution is -2.44. The van der Waals surface area contributed by atoms with E-state index in [1.165, 1.54) is 6.07 Å². The Kier molecular flexibility index (Phi) is 2.77. The van der Waals surface area contributed by atoms with Crippen LogP contribution in [0.5, 0.6) is 0 Å². The summed E-state index contributed by atoms with van der Waals surface area (Å²) in [5, 5.41) is 19.4. The van der Waals surface area contributed by atoms with E-state index in [1.807, 2.05) is 0 Å². The molecule has 0 spiro atoms. The van der Waals surface area contributed by atoms with Gasteiger partial charge in [0.15, 0.2) is 11.5 Å². The summed E-state index contributed by atoms with van der Waals surface area (Å²) < 4.78 is 0. The van der Waals surface area contributed by atoms with Crippen LogP contribution in [-0.4, -0.2) is 47.5 Å². The van der Waals surface area contributed by atoms with E-state index in [4.69, 9.17) is 5.11 Å². The third-order valence-corrected chi connectivity index (χ3v) is 2.31. The molecule has 0 aliphatic carbocycles. The fourth-order valence-corrected chi connectivity index (χ4v) is 1.50. The Balaban J connectivity index is 2.11. The zero-order valence-corrected chi connectivity index (χ0v) is 8.18. The molecule has 1 aromatic heterocycles. The summed E-state index contributed by atoms with van der Waals surface area (Å²) in [7, 11) is 0. The number of anilines is 1. The number of hydrogen-bond acceptors (Lipinski definition) is 5. The Bertz CT molecular complexity index is 346. The lowest BCUT2D eigenvalue weighted by molar-refractivity contribution is 0.0689. The van der Waals surface area contributed by atoms with Crippen molar-refractivity contribution in [2.75, 3.05) is 31.1 Å². The van der Waals surface area contributed by atoms with Gasteiger partial charge in [-0.15, -0.1) is 10.2 Å². The minimum Gasteiger partial charge on any atom is -0.476 e. The van der Waals surface area contributed by atoms with Gasteiger partial charge in [-0.1, -0.05) is 0 Å². The predicted octanol–water partition coefficient (Wildman–Crippen LogP) is -0.416. The van der Waals surface area contributed by atoms with Gasteiger partial charge in [-0.05, 0) is 12.1 Å². The van der Waals surface area contributed by atoms with Crippen LogP contribution in [0.4, 0.5) is 5.82 Å². The standard InChI is InChI=1S/C9H12N4O2/c14-9(15)7-1-2-8(12-11-7)13-5-3-10-4-6-13/h1-2,10H,3-6H2,(H,14,15). The van der Waals surface area contributed by atoms with Crippen molar-refractivity contribution in [1.82, 2.24) is 15.5 Å². The summed E-state index contributed by atoms with van der Waals surface area (Å²) in [4.78, 5) is 12.6. The molecule has 1 aliphatic heterocycles. The number of carboxylic acid groups (broad SMARTS) is 1. The second-order valence-corrected chi connectivity index (χ2v) is 3.32. The van der Waals surface area contributed by atoms with Crippen LogP contribution >= 0.6 is 0 Å². The van der Waals surface area contributed by atoms with Gasteiger partial charge in [0, 0.05) is 26.2 Å². The topological polar surface area (TPSA) is 78.4 Å². The third-order valence-electron chi connectivity index (χ3n) is 2.31. The van der Waals surface area contributed by atoms with Crippen LogP contribution in [0.2, 0.25) is 0 Å². The molecule has 2 heterocycles. The van der Waals surface area contributed by atoms with Crippen molar-refractivity contribution < 1.29 is 9.90 Å². The van der Waals surface area contributed by atoms with Crippen LogP contribution < -0.4 is 10.2 Å². The minimum atomic E-state index is -1.05. The highest BCUT2D eigenvalue weighted by Gasteiger charge is 2.13. The molecule has 80 valence electrons. The molecule has 1 fully saturated rings. The zero-order chi connectivity index (χ0) is 10.7. The third kappa shape index (κ3) is 2.21. The SMILES string of the molecule is O=C(O)c1ccc(N2CCNCC2)nn1. The quantitative estimate of drug-likeness (QED) is 0.687. The summed E-state index contributed by atoms with van der Waals surface area (Å²) in [6, 6.07) is 3.18. The van der Waals surface area contributed by atoms with E-state index in [0.29, 0.717) is 0 Å². The lowest BCUT2D eigenvalue weighted by atomic mass is 10.3. The molecular weight excluding hydrogens is 196 g/mol.